The molecular formula is C14H17NO3S. The third-order valence-electron chi connectivity index (χ3n) is 3.03. The van der Waals surface area contributed by atoms with Gasteiger partial charge in [0.05, 0.1) is 22.6 Å². The Morgan fingerprint density at radius 2 is 2.42 bits per heavy atom. The second-order valence-corrected chi connectivity index (χ2v) is 5.86. The van der Waals surface area contributed by atoms with Crippen LogP contribution in [0.2, 0.25) is 0 Å². The first-order valence-electron chi connectivity index (χ1n) is 6.22. The minimum absolute atomic E-state index is 0.0486. The van der Waals surface area contributed by atoms with E-state index in [4.69, 9.17) is 5.11 Å². The summed E-state index contributed by atoms with van der Waals surface area (Å²) in [6.07, 6.45) is 1.06. The van der Waals surface area contributed by atoms with Gasteiger partial charge in [0.1, 0.15) is 0 Å². The van der Waals surface area contributed by atoms with Crippen molar-refractivity contribution in [3.05, 3.63) is 21.9 Å². The number of aliphatic hydroxyl groups is 2. The fourth-order valence-electron chi connectivity index (χ4n) is 2.02. The van der Waals surface area contributed by atoms with E-state index in [0.717, 1.165) is 4.88 Å². The zero-order valence-electron chi connectivity index (χ0n) is 10.8. The highest BCUT2D eigenvalue weighted by molar-refractivity contribution is 7.10. The summed E-state index contributed by atoms with van der Waals surface area (Å²) in [6.45, 7) is 2.77. The van der Waals surface area contributed by atoms with Crippen LogP contribution in [0.4, 0.5) is 0 Å². The molecule has 0 aliphatic carbocycles. The first-order valence-corrected chi connectivity index (χ1v) is 7.10. The summed E-state index contributed by atoms with van der Waals surface area (Å²) < 4.78 is 0. The molecule has 1 fully saturated rings. The molecule has 5 heteroatoms. The zero-order valence-corrected chi connectivity index (χ0v) is 11.7. The van der Waals surface area contributed by atoms with Gasteiger partial charge in [-0.15, -0.1) is 11.3 Å². The number of rotatable bonds is 2. The largest absolute Gasteiger partial charge is 0.395 e. The van der Waals surface area contributed by atoms with Gasteiger partial charge in [-0.2, -0.15) is 0 Å². The average molecular weight is 279 g/mol. The van der Waals surface area contributed by atoms with E-state index in [1.165, 1.54) is 11.3 Å². The van der Waals surface area contributed by atoms with Crippen LogP contribution >= 0.6 is 11.3 Å². The molecular weight excluding hydrogens is 262 g/mol. The zero-order chi connectivity index (χ0) is 13.9. The second kappa shape index (κ2) is 5.74. The highest BCUT2D eigenvalue weighted by Gasteiger charge is 2.34. The van der Waals surface area contributed by atoms with Crippen LogP contribution in [0, 0.1) is 11.8 Å². The summed E-state index contributed by atoms with van der Waals surface area (Å²) in [5.41, 5.74) is -0.147. The molecule has 1 aliphatic heterocycles. The smallest absolute Gasteiger partial charge is 0.254 e. The molecule has 1 unspecified atom stereocenters. The number of carbonyl (C=O) groups excluding carboxylic acids is 1. The molecule has 0 bridgehead atoms. The van der Waals surface area contributed by atoms with Crippen LogP contribution in [-0.2, 0) is 0 Å². The van der Waals surface area contributed by atoms with Crippen molar-refractivity contribution >= 4 is 17.2 Å². The summed E-state index contributed by atoms with van der Waals surface area (Å²) in [5.74, 6) is 5.70. The first kappa shape index (κ1) is 14.1. The molecule has 1 atom stereocenters. The summed E-state index contributed by atoms with van der Waals surface area (Å²) in [5, 5.41) is 20.3. The number of carbonyl (C=O) groups is 1. The van der Waals surface area contributed by atoms with E-state index in [0.29, 0.717) is 31.5 Å². The molecule has 2 heterocycles. The molecule has 0 aromatic carbocycles. The first-order chi connectivity index (χ1) is 9.02. The minimum atomic E-state index is -0.768. The Hall–Kier alpha value is -1.35. The summed E-state index contributed by atoms with van der Waals surface area (Å²) in [4.78, 5) is 14.7. The monoisotopic (exact) mass is 279 g/mol. The van der Waals surface area contributed by atoms with Gasteiger partial charge in [-0.05, 0) is 19.4 Å². The molecule has 4 nitrogen and oxygen atoms in total. The van der Waals surface area contributed by atoms with Crippen molar-refractivity contribution in [3.8, 4) is 11.8 Å². The normalized spacial score (nSPS) is 22.2. The Bertz CT molecular complexity index is 524. The summed E-state index contributed by atoms with van der Waals surface area (Å²) >= 11 is 1.42. The number of likely N-dealkylation sites (tertiary alicyclic amines) is 1. The predicted octanol–water partition coefficient (Wildman–Crippen LogP) is 1.08. The van der Waals surface area contributed by atoms with Crippen molar-refractivity contribution < 1.29 is 15.0 Å². The van der Waals surface area contributed by atoms with Gasteiger partial charge in [0.15, 0.2) is 0 Å². The lowest BCUT2D eigenvalue weighted by Gasteiger charge is -2.18. The van der Waals surface area contributed by atoms with E-state index in [9.17, 15) is 9.90 Å². The third-order valence-corrected chi connectivity index (χ3v) is 3.88. The maximum atomic E-state index is 12.2. The van der Waals surface area contributed by atoms with E-state index in [1.807, 2.05) is 0 Å². The highest BCUT2D eigenvalue weighted by atomic mass is 32.1. The molecule has 1 aromatic heterocycles. The fourth-order valence-corrected chi connectivity index (χ4v) is 2.77. The second-order valence-electron chi connectivity index (χ2n) is 4.95. The lowest BCUT2D eigenvalue weighted by atomic mass is 10.1. The molecule has 1 amide bonds. The molecule has 102 valence electrons. The van der Waals surface area contributed by atoms with E-state index in [2.05, 4.69) is 11.8 Å². The van der Waals surface area contributed by atoms with Crippen molar-refractivity contribution in [1.82, 2.24) is 4.90 Å². The third kappa shape index (κ3) is 3.57. The van der Waals surface area contributed by atoms with Gasteiger partial charge in [0.2, 0.25) is 0 Å². The van der Waals surface area contributed by atoms with Gasteiger partial charge in [-0.3, -0.25) is 4.79 Å². The van der Waals surface area contributed by atoms with Crippen LogP contribution in [0.25, 0.3) is 0 Å². The van der Waals surface area contributed by atoms with Crippen LogP contribution in [0.3, 0.4) is 0 Å². The standard InChI is InChI=1S/C14H17NO3S/c1-14(18)5-6-15(10-14)13(17)11-8-12(19-9-11)4-2-3-7-16/h8-9,16,18H,3,5-7,10H2,1H3. The summed E-state index contributed by atoms with van der Waals surface area (Å²) in [6, 6.07) is 1.77. The number of hydrogen-bond acceptors (Lipinski definition) is 4. The van der Waals surface area contributed by atoms with Crippen molar-refractivity contribution in [2.75, 3.05) is 19.7 Å². The van der Waals surface area contributed by atoms with Crippen molar-refractivity contribution in [2.24, 2.45) is 0 Å². The molecule has 0 spiro atoms. The number of nitrogens with zero attached hydrogens (tertiary/aromatic N) is 1. The van der Waals surface area contributed by atoms with E-state index >= 15 is 0 Å². The molecule has 1 saturated heterocycles. The highest BCUT2D eigenvalue weighted by Crippen LogP contribution is 2.23. The maximum Gasteiger partial charge on any atom is 0.254 e. The average Bonchev–Trinajstić information content (AvgIpc) is 2.95. The van der Waals surface area contributed by atoms with Gasteiger partial charge >= 0.3 is 0 Å². The molecule has 0 radical (unpaired) electrons. The van der Waals surface area contributed by atoms with Crippen LogP contribution in [-0.4, -0.2) is 46.3 Å². The number of aliphatic hydroxyl groups excluding tert-OH is 1. The van der Waals surface area contributed by atoms with E-state index < -0.39 is 5.60 Å². The van der Waals surface area contributed by atoms with Gasteiger partial charge in [0.25, 0.3) is 5.91 Å². The van der Waals surface area contributed by atoms with Crippen LogP contribution in [0.15, 0.2) is 11.4 Å². The fraction of sp³-hybridized carbons (Fsp3) is 0.500. The Kier molecular flexibility index (Phi) is 4.25. The van der Waals surface area contributed by atoms with Crippen LogP contribution < -0.4 is 0 Å². The number of β-amino-alcohol motifs (C(OH)–C–C–N with tert-alkyl or cyclic N) is 1. The Balaban J connectivity index is 2.03. The molecule has 1 aromatic rings. The van der Waals surface area contributed by atoms with E-state index in [1.54, 1.807) is 23.3 Å². The van der Waals surface area contributed by atoms with E-state index in [-0.39, 0.29) is 12.5 Å². The molecule has 1 aliphatic rings. The number of amides is 1. The number of thiophene rings is 1. The van der Waals surface area contributed by atoms with Gasteiger partial charge in [0, 0.05) is 24.9 Å². The van der Waals surface area contributed by atoms with Crippen molar-refractivity contribution in [3.63, 3.8) is 0 Å². The molecule has 19 heavy (non-hydrogen) atoms. The van der Waals surface area contributed by atoms with Crippen molar-refractivity contribution in [2.45, 2.75) is 25.4 Å². The Morgan fingerprint density at radius 1 is 1.63 bits per heavy atom. The Labute approximate surface area is 116 Å². The van der Waals surface area contributed by atoms with Gasteiger partial charge in [-0.1, -0.05) is 11.8 Å². The maximum absolute atomic E-state index is 12.2. The molecule has 2 N–H and O–H groups in total. The lowest BCUT2D eigenvalue weighted by molar-refractivity contribution is 0.0572. The van der Waals surface area contributed by atoms with Gasteiger partial charge < -0.3 is 15.1 Å². The number of hydrogen-bond donors (Lipinski definition) is 2. The molecule has 0 saturated carbocycles. The SMILES string of the molecule is CC1(O)CCN(C(=O)c2csc(C#CCCO)c2)C1. The predicted molar refractivity (Wildman–Crippen MR) is 74.0 cm³/mol. The van der Waals surface area contributed by atoms with Gasteiger partial charge in [-0.25, -0.2) is 0 Å². The minimum Gasteiger partial charge on any atom is -0.395 e. The topological polar surface area (TPSA) is 60.8 Å². The van der Waals surface area contributed by atoms with Crippen LogP contribution in [0.5, 0.6) is 0 Å². The Morgan fingerprint density at radius 3 is 3.05 bits per heavy atom. The lowest BCUT2D eigenvalue weighted by Crippen LogP contribution is -2.33. The summed E-state index contributed by atoms with van der Waals surface area (Å²) in [7, 11) is 0. The van der Waals surface area contributed by atoms with Crippen LogP contribution in [0.1, 0.15) is 35.0 Å². The molecule has 2 rings (SSSR count). The quantitative estimate of drug-likeness (QED) is 0.796. The van der Waals surface area contributed by atoms with Crippen molar-refractivity contribution in [1.29, 1.82) is 0 Å².